The van der Waals surface area contributed by atoms with Crippen molar-refractivity contribution in [2.75, 3.05) is 0 Å². The van der Waals surface area contributed by atoms with Crippen LogP contribution < -0.4 is 5.32 Å². The first kappa shape index (κ1) is 19.1. The fourth-order valence-corrected chi connectivity index (χ4v) is 3.57. The lowest BCUT2D eigenvalue weighted by atomic mass is 9.94. The van der Waals surface area contributed by atoms with E-state index in [1.165, 1.54) is 18.6 Å². The van der Waals surface area contributed by atoms with Gasteiger partial charge in [-0.3, -0.25) is 4.98 Å². The number of carbonyl (C=O) groups is 1. The van der Waals surface area contributed by atoms with Crippen LogP contribution in [0.15, 0.2) is 42.6 Å². The summed E-state index contributed by atoms with van der Waals surface area (Å²) >= 11 is 0. The molecule has 3 rings (SSSR count). The van der Waals surface area contributed by atoms with Crippen LogP contribution in [0.2, 0.25) is 0 Å². The monoisotopic (exact) mass is 371 g/mol. The second-order valence-corrected chi connectivity index (χ2v) is 7.12. The Bertz CT molecular complexity index is 763. The van der Waals surface area contributed by atoms with Gasteiger partial charge in [0.1, 0.15) is 0 Å². The number of phenolic OH excluding ortho intramolecular Hbond substituents is 1. The Hall–Kier alpha value is -2.63. The van der Waals surface area contributed by atoms with E-state index in [4.69, 9.17) is 0 Å². The van der Waals surface area contributed by atoms with Crippen molar-refractivity contribution in [1.82, 2.24) is 15.2 Å². The fraction of sp³-hybridized carbons (Fsp3) is 0.429. The van der Waals surface area contributed by atoms with Crippen molar-refractivity contribution >= 4 is 6.03 Å². The molecule has 27 heavy (non-hydrogen) atoms. The predicted molar refractivity (Wildman–Crippen MR) is 102 cm³/mol. The van der Waals surface area contributed by atoms with Gasteiger partial charge in [-0.2, -0.15) is 0 Å². The number of amides is 2. The van der Waals surface area contributed by atoms with Crippen LogP contribution in [0.1, 0.15) is 56.3 Å². The average Bonchev–Trinajstić information content (AvgIpc) is 2.69. The topological polar surface area (TPSA) is 65.5 Å². The molecule has 1 fully saturated rings. The molecular weight excluding hydrogens is 345 g/mol. The molecule has 0 aliphatic heterocycles. The lowest BCUT2D eigenvalue weighted by Crippen LogP contribution is -2.47. The van der Waals surface area contributed by atoms with Crippen LogP contribution in [0, 0.1) is 5.82 Å². The first-order valence-corrected chi connectivity index (χ1v) is 9.50. The molecule has 2 aromatic rings. The molecule has 1 atom stereocenters. The molecule has 6 heteroatoms. The molecule has 1 unspecified atom stereocenters. The zero-order valence-corrected chi connectivity index (χ0v) is 15.6. The Morgan fingerprint density at radius 3 is 2.74 bits per heavy atom. The Labute approximate surface area is 159 Å². The number of aromatic nitrogens is 1. The van der Waals surface area contributed by atoms with E-state index < -0.39 is 11.6 Å². The Balaban J connectivity index is 1.73. The predicted octanol–water partition coefficient (Wildman–Crippen LogP) is 4.53. The molecule has 1 aliphatic carbocycles. The average molecular weight is 371 g/mol. The van der Waals surface area contributed by atoms with Gasteiger partial charge in [0.15, 0.2) is 11.6 Å². The number of hydrogen-bond acceptors (Lipinski definition) is 3. The molecule has 2 amide bonds. The zero-order chi connectivity index (χ0) is 19.2. The Morgan fingerprint density at radius 1 is 1.30 bits per heavy atom. The zero-order valence-electron chi connectivity index (χ0n) is 15.6. The van der Waals surface area contributed by atoms with E-state index in [1.54, 1.807) is 12.3 Å². The number of pyridine rings is 1. The molecule has 0 saturated heterocycles. The van der Waals surface area contributed by atoms with Gasteiger partial charge in [-0.05, 0) is 49.6 Å². The maximum Gasteiger partial charge on any atom is 0.318 e. The summed E-state index contributed by atoms with van der Waals surface area (Å²) in [6.07, 6.45) is 7.16. The summed E-state index contributed by atoms with van der Waals surface area (Å²) in [5.74, 6) is -1.08. The quantitative estimate of drug-likeness (QED) is 0.811. The van der Waals surface area contributed by atoms with Crippen molar-refractivity contribution in [2.45, 2.75) is 57.7 Å². The highest BCUT2D eigenvalue weighted by atomic mass is 19.1. The number of rotatable bonds is 5. The number of nitrogens with zero attached hydrogens (tertiary/aromatic N) is 2. The van der Waals surface area contributed by atoms with Crippen LogP contribution in [0.4, 0.5) is 9.18 Å². The molecule has 144 valence electrons. The van der Waals surface area contributed by atoms with Crippen LogP contribution >= 0.6 is 0 Å². The van der Waals surface area contributed by atoms with Gasteiger partial charge >= 0.3 is 6.03 Å². The maximum absolute atomic E-state index is 13.6. The number of benzene rings is 1. The number of nitrogens with one attached hydrogen (secondary N) is 1. The summed E-state index contributed by atoms with van der Waals surface area (Å²) in [6.45, 7) is 2.26. The SMILES string of the molecule is CC(NC(=O)N(Cc1ccccn1)C1CCCCC1)c1ccc(O)c(F)c1. The largest absolute Gasteiger partial charge is 0.505 e. The van der Waals surface area contributed by atoms with E-state index in [2.05, 4.69) is 10.3 Å². The van der Waals surface area contributed by atoms with Gasteiger partial charge in [-0.1, -0.05) is 31.4 Å². The van der Waals surface area contributed by atoms with Crippen molar-refractivity contribution in [3.05, 3.63) is 59.7 Å². The summed E-state index contributed by atoms with van der Waals surface area (Å²) in [5, 5.41) is 12.3. The standard InChI is InChI=1S/C21H26FN3O2/c1-15(16-10-11-20(26)19(22)13-16)24-21(27)25(18-8-3-2-4-9-18)14-17-7-5-6-12-23-17/h5-7,10-13,15,18,26H,2-4,8-9,14H2,1H3,(H,24,27). The van der Waals surface area contributed by atoms with E-state index in [0.29, 0.717) is 12.1 Å². The fourth-order valence-electron chi connectivity index (χ4n) is 3.57. The van der Waals surface area contributed by atoms with E-state index in [1.807, 2.05) is 30.0 Å². The van der Waals surface area contributed by atoms with Gasteiger partial charge in [-0.25, -0.2) is 9.18 Å². The van der Waals surface area contributed by atoms with E-state index >= 15 is 0 Å². The highest BCUT2D eigenvalue weighted by Gasteiger charge is 2.27. The Morgan fingerprint density at radius 2 is 2.07 bits per heavy atom. The summed E-state index contributed by atoms with van der Waals surface area (Å²) in [4.78, 5) is 19.2. The van der Waals surface area contributed by atoms with Gasteiger partial charge < -0.3 is 15.3 Å². The van der Waals surface area contributed by atoms with Crippen molar-refractivity contribution in [3.8, 4) is 5.75 Å². The first-order chi connectivity index (χ1) is 13.0. The van der Waals surface area contributed by atoms with Gasteiger partial charge in [-0.15, -0.1) is 0 Å². The van der Waals surface area contributed by atoms with Crippen LogP contribution in [-0.2, 0) is 6.54 Å². The maximum atomic E-state index is 13.6. The summed E-state index contributed by atoms with van der Waals surface area (Å²) in [7, 11) is 0. The van der Waals surface area contributed by atoms with Gasteiger partial charge in [0.2, 0.25) is 0 Å². The van der Waals surface area contributed by atoms with Crippen molar-refractivity contribution < 1.29 is 14.3 Å². The van der Waals surface area contributed by atoms with Crippen molar-refractivity contribution in [1.29, 1.82) is 0 Å². The number of halogens is 1. The number of hydrogen-bond donors (Lipinski definition) is 2. The second-order valence-electron chi connectivity index (χ2n) is 7.12. The minimum atomic E-state index is -0.689. The molecule has 1 aliphatic rings. The van der Waals surface area contributed by atoms with Crippen LogP contribution in [-0.4, -0.2) is 27.1 Å². The van der Waals surface area contributed by atoms with Crippen LogP contribution in [0.3, 0.4) is 0 Å². The smallest absolute Gasteiger partial charge is 0.318 e. The van der Waals surface area contributed by atoms with Crippen LogP contribution in [0.5, 0.6) is 5.75 Å². The molecule has 1 heterocycles. The minimum absolute atomic E-state index is 0.173. The molecule has 1 aromatic carbocycles. The van der Waals surface area contributed by atoms with Gasteiger partial charge in [0.25, 0.3) is 0 Å². The lowest BCUT2D eigenvalue weighted by molar-refractivity contribution is 0.147. The van der Waals surface area contributed by atoms with Gasteiger partial charge in [0.05, 0.1) is 18.3 Å². The molecular formula is C21H26FN3O2. The van der Waals surface area contributed by atoms with Gasteiger partial charge in [0, 0.05) is 12.2 Å². The minimum Gasteiger partial charge on any atom is -0.505 e. The molecule has 0 spiro atoms. The first-order valence-electron chi connectivity index (χ1n) is 9.50. The number of carbonyl (C=O) groups excluding carboxylic acids is 1. The molecule has 1 aromatic heterocycles. The highest BCUT2D eigenvalue weighted by Crippen LogP contribution is 2.25. The van der Waals surface area contributed by atoms with E-state index in [0.717, 1.165) is 31.4 Å². The van der Waals surface area contributed by atoms with Crippen LogP contribution in [0.25, 0.3) is 0 Å². The van der Waals surface area contributed by atoms with Crippen molar-refractivity contribution in [2.24, 2.45) is 0 Å². The summed E-state index contributed by atoms with van der Waals surface area (Å²) in [5.41, 5.74) is 1.46. The number of urea groups is 1. The molecule has 5 nitrogen and oxygen atoms in total. The third-order valence-corrected chi connectivity index (χ3v) is 5.15. The number of aromatic hydroxyl groups is 1. The second kappa shape index (κ2) is 8.84. The Kier molecular flexibility index (Phi) is 6.27. The molecule has 0 radical (unpaired) electrons. The number of phenols is 1. The molecule has 1 saturated carbocycles. The normalized spacial score (nSPS) is 15.9. The third kappa shape index (κ3) is 4.96. The third-order valence-electron chi connectivity index (χ3n) is 5.15. The lowest BCUT2D eigenvalue weighted by Gasteiger charge is -2.35. The summed E-state index contributed by atoms with van der Waals surface area (Å²) < 4.78 is 13.6. The van der Waals surface area contributed by atoms with E-state index in [9.17, 15) is 14.3 Å². The van der Waals surface area contributed by atoms with Crippen molar-refractivity contribution in [3.63, 3.8) is 0 Å². The molecule has 0 bridgehead atoms. The molecule has 2 N–H and O–H groups in total. The van der Waals surface area contributed by atoms with E-state index in [-0.39, 0.29) is 18.1 Å². The highest BCUT2D eigenvalue weighted by molar-refractivity contribution is 5.75. The summed E-state index contributed by atoms with van der Waals surface area (Å²) in [6, 6.07) is 9.51.